The number of benzene rings is 3. The van der Waals surface area contributed by atoms with E-state index in [1.807, 2.05) is 26.0 Å². The number of anilines is 1. The first-order chi connectivity index (χ1) is 15.5. The molecule has 0 atom stereocenters. The molecule has 0 unspecified atom stereocenters. The predicted octanol–water partition coefficient (Wildman–Crippen LogP) is 6.96. The minimum absolute atomic E-state index is 0.0546. The molecule has 0 heterocycles. The number of hydrogen-bond acceptors (Lipinski definition) is 3. The lowest BCUT2D eigenvalue weighted by atomic mass is 10.1. The fourth-order valence-corrected chi connectivity index (χ4v) is 5.93. The van der Waals surface area contributed by atoms with E-state index in [1.54, 1.807) is 30.3 Å². The van der Waals surface area contributed by atoms with Crippen LogP contribution in [0.15, 0.2) is 68.4 Å². The quantitative estimate of drug-likeness (QED) is 0.305. The Hall–Kier alpha value is -1.42. The molecule has 0 aliphatic rings. The first kappa shape index (κ1) is 26.2. The average molecular weight is 635 g/mol. The molecule has 0 bridgehead atoms. The molecule has 3 aromatic rings. The smallest absolute Gasteiger partial charge is 0.243 e. The Kier molecular flexibility index (Phi) is 8.64. The van der Waals surface area contributed by atoms with Crippen molar-refractivity contribution in [2.75, 3.05) is 11.9 Å². The minimum atomic E-state index is -3.99. The van der Waals surface area contributed by atoms with Crippen molar-refractivity contribution >= 4 is 76.7 Å². The Bertz CT molecular complexity index is 1280. The van der Waals surface area contributed by atoms with Crippen LogP contribution in [0, 0.1) is 13.8 Å². The standard InChI is InChI=1S/C23H20Br2Cl2N2O3S/c1-14-9-18(25)10-15(2)23(14)28-22(30)13-29(12-16-3-8-20(26)21(27)11-16)33(31,32)19-6-4-17(24)5-7-19/h3-11H,12-13H2,1-2H3,(H,28,30). The number of carbonyl (C=O) groups is 1. The second-order valence-electron chi connectivity index (χ2n) is 7.44. The van der Waals surface area contributed by atoms with Crippen LogP contribution in [0.2, 0.25) is 10.0 Å². The summed E-state index contributed by atoms with van der Waals surface area (Å²) in [5, 5.41) is 3.52. The van der Waals surface area contributed by atoms with Crippen LogP contribution in [-0.4, -0.2) is 25.2 Å². The maximum Gasteiger partial charge on any atom is 0.243 e. The van der Waals surface area contributed by atoms with E-state index >= 15 is 0 Å². The molecule has 10 heteroatoms. The van der Waals surface area contributed by atoms with Gasteiger partial charge in [-0.2, -0.15) is 4.31 Å². The Labute approximate surface area is 220 Å². The highest BCUT2D eigenvalue weighted by molar-refractivity contribution is 9.10. The van der Waals surface area contributed by atoms with E-state index in [9.17, 15) is 13.2 Å². The van der Waals surface area contributed by atoms with Crippen LogP contribution in [0.5, 0.6) is 0 Å². The molecule has 0 radical (unpaired) electrons. The lowest BCUT2D eigenvalue weighted by molar-refractivity contribution is -0.116. The van der Waals surface area contributed by atoms with Crippen molar-refractivity contribution in [3.8, 4) is 0 Å². The largest absolute Gasteiger partial charge is 0.324 e. The molecule has 0 saturated heterocycles. The van der Waals surface area contributed by atoms with Gasteiger partial charge in [-0.3, -0.25) is 4.79 Å². The summed E-state index contributed by atoms with van der Waals surface area (Å²) in [4.78, 5) is 13.1. The van der Waals surface area contributed by atoms with Gasteiger partial charge in [0.05, 0.1) is 21.5 Å². The molecule has 0 aliphatic heterocycles. The van der Waals surface area contributed by atoms with Gasteiger partial charge in [0.2, 0.25) is 15.9 Å². The number of amides is 1. The lowest BCUT2D eigenvalue weighted by Gasteiger charge is -2.23. The molecule has 1 amide bonds. The molecule has 0 saturated carbocycles. The topological polar surface area (TPSA) is 66.5 Å². The van der Waals surface area contributed by atoms with Gasteiger partial charge in [0.15, 0.2) is 0 Å². The van der Waals surface area contributed by atoms with Gasteiger partial charge in [-0.1, -0.05) is 61.1 Å². The van der Waals surface area contributed by atoms with Crippen molar-refractivity contribution in [2.45, 2.75) is 25.3 Å². The average Bonchev–Trinajstić information content (AvgIpc) is 2.73. The van der Waals surface area contributed by atoms with E-state index in [1.165, 1.54) is 12.1 Å². The molecule has 0 fully saturated rings. The van der Waals surface area contributed by atoms with Crippen LogP contribution in [0.25, 0.3) is 0 Å². The number of aryl methyl sites for hydroxylation is 2. The summed E-state index contributed by atoms with van der Waals surface area (Å²) in [5.41, 5.74) is 2.98. The summed E-state index contributed by atoms with van der Waals surface area (Å²) in [6.45, 7) is 3.31. The number of nitrogens with one attached hydrogen (secondary N) is 1. The molecule has 0 aliphatic carbocycles. The van der Waals surface area contributed by atoms with Crippen LogP contribution in [0.4, 0.5) is 5.69 Å². The fraction of sp³-hybridized carbons (Fsp3) is 0.174. The van der Waals surface area contributed by atoms with E-state index in [4.69, 9.17) is 23.2 Å². The minimum Gasteiger partial charge on any atom is -0.324 e. The van der Waals surface area contributed by atoms with Crippen LogP contribution < -0.4 is 5.32 Å². The number of rotatable bonds is 7. The van der Waals surface area contributed by atoms with Crippen molar-refractivity contribution in [3.63, 3.8) is 0 Å². The molecule has 0 aromatic heterocycles. The second-order valence-corrected chi connectivity index (χ2v) is 12.0. The highest BCUT2D eigenvalue weighted by Crippen LogP contribution is 2.27. The summed E-state index contributed by atoms with van der Waals surface area (Å²) in [6, 6.07) is 14.9. The monoisotopic (exact) mass is 632 g/mol. The van der Waals surface area contributed by atoms with Gasteiger partial charge >= 0.3 is 0 Å². The van der Waals surface area contributed by atoms with Crippen molar-refractivity contribution in [1.29, 1.82) is 0 Å². The third-order valence-corrected chi connectivity index (χ3v) is 8.41. The van der Waals surface area contributed by atoms with Crippen LogP contribution in [0.3, 0.4) is 0 Å². The Morgan fingerprint density at radius 1 is 0.909 bits per heavy atom. The number of nitrogens with zero attached hydrogens (tertiary/aromatic N) is 1. The highest BCUT2D eigenvalue weighted by atomic mass is 79.9. The maximum atomic E-state index is 13.4. The molecule has 33 heavy (non-hydrogen) atoms. The third kappa shape index (κ3) is 6.59. The molecular formula is C23H20Br2Cl2N2O3S. The SMILES string of the molecule is Cc1cc(Br)cc(C)c1NC(=O)CN(Cc1ccc(Cl)c(Cl)c1)S(=O)(=O)c1ccc(Br)cc1. The normalized spacial score (nSPS) is 11.6. The van der Waals surface area contributed by atoms with Gasteiger partial charge in [0, 0.05) is 21.2 Å². The van der Waals surface area contributed by atoms with E-state index in [2.05, 4.69) is 37.2 Å². The summed E-state index contributed by atoms with van der Waals surface area (Å²) in [6.07, 6.45) is 0. The van der Waals surface area contributed by atoms with Crippen molar-refractivity contribution in [2.24, 2.45) is 0 Å². The zero-order valence-corrected chi connectivity index (χ0v) is 23.2. The first-order valence-corrected chi connectivity index (χ1v) is 13.5. The van der Waals surface area contributed by atoms with Gasteiger partial charge in [-0.15, -0.1) is 0 Å². The van der Waals surface area contributed by atoms with E-state index in [0.717, 1.165) is 24.4 Å². The summed E-state index contributed by atoms with van der Waals surface area (Å²) in [5.74, 6) is -0.454. The summed E-state index contributed by atoms with van der Waals surface area (Å²) < 4.78 is 29.6. The number of carbonyl (C=O) groups excluding carboxylic acids is 1. The molecular weight excluding hydrogens is 615 g/mol. The van der Waals surface area contributed by atoms with E-state index < -0.39 is 15.9 Å². The molecule has 174 valence electrons. The van der Waals surface area contributed by atoms with Gasteiger partial charge in [-0.05, 0) is 79.1 Å². The number of halogens is 4. The first-order valence-electron chi connectivity index (χ1n) is 9.73. The van der Waals surface area contributed by atoms with Crippen LogP contribution >= 0.6 is 55.1 Å². The van der Waals surface area contributed by atoms with Crippen molar-refractivity contribution in [1.82, 2.24) is 4.31 Å². The Balaban J connectivity index is 1.93. The summed E-state index contributed by atoms with van der Waals surface area (Å²) in [7, 11) is -3.99. The van der Waals surface area contributed by atoms with Gasteiger partial charge in [0.1, 0.15) is 0 Å². The van der Waals surface area contributed by atoms with E-state index in [-0.39, 0.29) is 18.0 Å². The zero-order chi connectivity index (χ0) is 24.3. The van der Waals surface area contributed by atoms with Crippen LogP contribution in [0.1, 0.15) is 16.7 Å². The summed E-state index contributed by atoms with van der Waals surface area (Å²) >= 11 is 18.9. The fourth-order valence-electron chi connectivity index (χ4n) is 3.27. The molecule has 5 nitrogen and oxygen atoms in total. The lowest BCUT2D eigenvalue weighted by Crippen LogP contribution is -2.37. The third-order valence-electron chi connectivity index (χ3n) is 4.88. The van der Waals surface area contributed by atoms with Gasteiger partial charge in [-0.25, -0.2) is 8.42 Å². The molecule has 0 spiro atoms. The van der Waals surface area contributed by atoms with Crippen LogP contribution in [-0.2, 0) is 21.4 Å². The Morgan fingerprint density at radius 2 is 1.52 bits per heavy atom. The highest BCUT2D eigenvalue weighted by Gasteiger charge is 2.27. The van der Waals surface area contributed by atoms with Gasteiger partial charge in [0.25, 0.3) is 0 Å². The molecule has 3 aromatic carbocycles. The predicted molar refractivity (Wildman–Crippen MR) is 140 cm³/mol. The maximum absolute atomic E-state index is 13.4. The second kappa shape index (κ2) is 10.9. The number of sulfonamides is 1. The van der Waals surface area contributed by atoms with E-state index in [0.29, 0.717) is 21.3 Å². The van der Waals surface area contributed by atoms with Crippen molar-refractivity contribution in [3.05, 3.63) is 90.3 Å². The van der Waals surface area contributed by atoms with Crippen molar-refractivity contribution < 1.29 is 13.2 Å². The molecule has 1 N–H and O–H groups in total. The van der Waals surface area contributed by atoms with Gasteiger partial charge < -0.3 is 5.32 Å². The molecule has 3 rings (SSSR count). The Morgan fingerprint density at radius 3 is 2.09 bits per heavy atom. The zero-order valence-electron chi connectivity index (χ0n) is 17.7. The number of hydrogen-bond donors (Lipinski definition) is 1.